The molecular weight excluding hydrogens is 250 g/mol. The van der Waals surface area contributed by atoms with Gasteiger partial charge in [0.25, 0.3) is 0 Å². The van der Waals surface area contributed by atoms with Crippen molar-refractivity contribution >= 4 is 23.3 Å². The van der Waals surface area contributed by atoms with Crippen LogP contribution >= 0.6 is 11.6 Å². The van der Waals surface area contributed by atoms with Crippen LogP contribution in [0.4, 0.5) is 5.69 Å². The number of halogens is 1. The van der Waals surface area contributed by atoms with Gasteiger partial charge in [0.15, 0.2) is 0 Å². The summed E-state index contributed by atoms with van der Waals surface area (Å²) in [6.07, 6.45) is 3.28. The second-order valence-corrected chi connectivity index (χ2v) is 5.51. The lowest BCUT2D eigenvalue weighted by atomic mass is 10.1. The maximum atomic E-state index is 11.0. The molecule has 1 aliphatic carbocycles. The number of nitrogens with zero attached hydrogens (tertiary/aromatic N) is 1. The van der Waals surface area contributed by atoms with Gasteiger partial charge in [-0.3, -0.25) is 4.79 Å². The molecule has 2 unspecified atom stereocenters. The van der Waals surface area contributed by atoms with Gasteiger partial charge in [0.2, 0.25) is 0 Å². The van der Waals surface area contributed by atoms with Crippen LogP contribution in [0.2, 0.25) is 5.02 Å². The van der Waals surface area contributed by atoms with Crippen molar-refractivity contribution in [1.82, 2.24) is 0 Å². The minimum atomic E-state index is -0.797. The van der Waals surface area contributed by atoms with Crippen LogP contribution in [-0.2, 0) is 4.79 Å². The molecule has 1 aromatic rings. The number of carboxylic acids is 1. The number of hydrogen-bond donors (Lipinski definition) is 1. The summed E-state index contributed by atoms with van der Waals surface area (Å²) in [4.78, 5) is 13.0. The minimum Gasteiger partial charge on any atom is -0.480 e. The summed E-state index contributed by atoms with van der Waals surface area (Å²) in [6.45, 7) is 2.26. The first-order valence-corrected chi connectivity index (χ1v) is 6.68. The van der Waals surface area contributed by atoms with E-state index >= 15 is 0 Å². The van der Waals surface area contributed by atoms with E-state index in [-0.39, 0.29) is 6.54 Å². The zero-order valence-electron chi connectivity index (χ0n) is 10.5. The quantitative estimate of drug-likeness (QED) is 0.909. The largest absolute Gasteiger partial charge is 0.480 e. The molecule has 0 bridgehead atoms. The maximum Gasteiger partial charge on any atom is 0.323 e. The molecule has 3 nitrogen and oxygen atoms in total. The number of aliphatic carboxylic acids is 1. The van der Waals surface area contributed by atoms with Gasteiger partial charge in [-0.05, 0) is 43.4 Å². The molecule has 1 aliphatic rings. The van der Waals surface area contributed by atoms with E-state index in [1.807, 2.05) is 23.1 Å². The summed E-state index contributed by atoms with van der Waals surface area (Å²) in [5, 5.41) is 9.71. The average molecular weight is 268 g/mol. The van der Waals surface area contributed by atoms with Gasteiger partial charge in [-0.1, -0.05) is 24.6 Å². The van der Waals surface area contributed by atoms with Crippen LogP contribution < -0.4 is 4.90 Å². The Morgan fingerprint density at radius 2 is 2.28 bits per heavy atom. The summed E-state index contributed by atoms with van der Waals surface area (Å²) in [6, 6.07) is 7.76. The summed E-state index contributed by atoms with van der Waals surface area (Å²) in [7, 11) is 0. The SMILES string of the molecule is CC1CCC(N(CC(=O)O)c2cccc(Cl)c2)C1. The van der Waals surface area contributed by atoms with Gasteiger partial charge in [-0.15, -0.1) is 0 Å². The Morgan fingerprint density at radius 3 is 2.83 bits per heavy atom. The molecule has 18 heavy (non-hydrogen) atoms. The van der Waals surface area contributed by atoms with E-state index in [2.05, 4.69) is 6.92 Å². The Labute approximate surface area is 112 Å². The smallest absolute Gasteiger partial charge is 0.323 e. The van der Waals surface area contributed by atoms with Crippen molar-refractivity contribution in [3.05, 3.63) is 29.3 Å². The van der Waals surface area contributed by atoms with Gasteiger partial charge >= 0.3 is 5.97 Å². The van der Waals surface area contributed by atoms with Crippen LogP contribution in [0, 0.1) is 5.92 Å². The van der Waals surface area contributed by atoms with Crippen LogP contribution in [0.1, 0.15) is 26.2 Å². The zero-order chi connectivity index (χ0) is 13.1. The van der Waals surface area contributed by atoms with Gasteiger partial charge in [-0.25, -0.2) is 0 Å². The molecule has 0 spiro atoms. The monoisotopic (exact) mass is 267 g/mol. The molecule has 0 aromatic heterocycles. The minimum absolute atomic E-state index is 0.0394. The highest BCUT2D eigenvalue weighted by molar-refractivity contribution is 6.30. The molecular formula is C14H18ClNO2. The van der Waals surface area contributed by atoms with E-state index in [0.717, 1.165) is 18.5 Å². The van der Waals surface area contributed by atoms with Crippen LogP contribution in [0.15, 0.2) is 24.3 Å². The Morgan fingerprint density at radius 1 is 1.50 bits per heavy atom. The molecule has 0 radical (unpaired) electrons. The molecule has 1 saturated carbocycles. The lowest BCUT2D eigenvalue weighted by Crippen LogP contribution is -2.37. The summed E-state index contributed by atoms with van der Waals surface area (Å²) in [5.74, 6) is -0.125. The lowest BCUT2D eigenvalue weighted by molar-refractivity contribution is -0.135. The predicted octanol–water partition coefficient (Wildman–Crippen LogP) is 3.42. The third-order valence-corrected chi connectivity index (χ3v) is 3.79. The van der Waals surface area contributed by atoms with Crippen LogP contribution in [-0.4, -0.2) is 23.7 Å². The number of carboxylic acid groups (broad SMARTS) is 1. The first kappa shape index (κ1) is 13.2. The fourth-order valence-corrected chi connectivity index (χ4v) is 2.88. The lowest BCUT2D eigenvalue weighted by Gasteiger charge is -2.30. The van der Waals surface area contributed by atoms with E-state index in [9.17, 15) is 4.79 Å². The van der Waals surface area contributed by atoms with Crippen molar-refractivity contribution in [3.63, 3.8) is 0 Å². The summed E-state index contributed by atoms with van der Waals surface area (Å²) < 4.78 is 0. The van der Waals surface area contributed by atoms with Crippen molar-refractivity contribution in [2.75, 3.05) is 11.4 Å². The van der Waals surface area contributed by atoms with E-state index in [0.29, 0.717) is 17.0 Å². The fourth-order valence-electron chi connectivity index (χ4n) is 2.69. The van der Waals surface area contributed by atoms with Gasteiger partial charge in [0.1, 0.15) is 6.54 Å². The highest BCUT2D eigenvalue weighted by Gasteiger charge is 2.28. The molecule has 2 atom stereocenters. The van der Waals surface area contributed by atoms with Crippen molar-refractivity contribution in [2.45, 2.75) is 32.2 Å². The van der Waals surface area contributed by atoms with Gasteiger partial charge in [0, 0.05) is 16.8 Å². The third kappa shape index (κ3) is 3.16. The summed E-state index contributed by atoms with van der Waals surface area (Å²) in [5.41, 5.74) is 0.906. The molecule has 0 saturated heterocycles. The van der Waals surface area contributed by atoms with Gasteiger partial charge in [-0.2, -0.15) is 0 Å². The number of carbonyl (C=O) groups is 1. The first-order valence-electron chi connectivity index (χ1n) is 6.30. The third-order valence-electron chi connectivity index (χ3n) is 3.55. The Hall–Kier alpha value is -1.22. The van der Waals surface area contributed by atoms with Crippen molar-refractivity contribution in [2.24, 2.45) is 5.92 Å². The van der Waals surface area contributed by atoms with E-state index < -0.39 is 5.97 Å². The van der Waals surface area contributed by atoms with Crippen LogP contribution in [0.5, 0.6) is 0 Å². The molecule has 1 aromatic carbocycles. The number of hydrogen-bond acceptors (Lipinski definition) is 2. The second-order valence-electron chi connectivity index (χ2n) is 5.07. The van der Waals surface area contributed by atoms with Crippen molar-refractivity contribution < 1.29 is 9.90 Å². The maximum absolute atomic E-state index is 11.0. The highest BCUT2D eigenvalue weighted by atomic mass is 35.5. The zero-order valence-corrected chi connectivity index (χ0v) is 11.2. The predicted molar refractivity (Wildman–Crippen MR) is 73.2 cm³/mol. The molecule has 1 fully saturated rings. The van der Waals surface area contributed by atoms with E-state index in [1.165, 1.54) is 6.42 Å². The fraction of sp³-hybridized carbons (Fsp3) is 0.500. The van der Waals surface area contributed by atoms with Crippen molar-refractivity contribution in [3.8, 4) is 0 Å². The standard InChI is InChI=1S/C14H18ClNO2/c1-10-5-6-13(7-10)16(9-14(17)18)12-4-2-3-11(15)8-12/h2-4,8,10,13H,5-7,9H2,1H3,(H,17,18). The molecule has 1 N–H and O–H groups in total. The molecule has 4 heteroatoms. The van der Waals surface area contributed by atoms with E-state index in [1.54, 1.807) is 6.07 Å². The second kappa shape index (κ2) is 5.61. The molecule has 0 amide bonds. The topological polar surface area (TPSA) is 40.5 Å². The average Bonchev–Trinajstić information content (AvgIpc) is 2.72. The Kier molecular flexibility index (Phi) is 4.12. The van der Waals surface area contributed by atoms with Gasteiger partial charge < -0.3 is 10.0 Å². The number of benzene rings is 1. The molecule has 0 aliphatic heterocycles. The molecule has 98 valence electrons. The number of rotatable bonds is 4. The number of anilines is 1. The highest BCUT2D eigenvalue weighted by Crippen LogP contribution is 2.32. The van der Waals surface area contributed by atoms with Crippen molar-refractivity contribution in [1.29, 1.82) is 0 Å². The Balaban J connectivity index is 2.22. The van der Waals surface area contributed by atoms with E-state index in [4.69, 9.17) is 16.7 Å². The normalized spacial score (nSPS) is 23.0. The Bertz CT molecular complexity index is 436. The van der Waals surface area contributed by atoms with Crippen LogP contribution in [0.3, 0.4) is 0 Å². The van der Waals surface area contributed by atoms with Crippen LogP contribution in [0.25, 0.3) is 0 Å². The summed E-state index contributed by atoms with van der Waals surface area (Å²) >= 11 is 5.99. The molecule has 0 heterocycles. The molecule has 2 rings (SSSR count). The van der Waals surface area contributed by atoms with Gasteiger partial charge in [0.05, 0.1) is 0 Å². The first-order chi connectivity index (χ1) is 8.56.